The van der Waals surface area contributed by atoms with E-state index in [2.05, 4.69) is 12.2 Å². The zero-order valence-corrected chi connectivity index (χ0v) is 12.3. The molecule has 17 heavy (non-hydrogen) atoms. The van der Waals surface area contributed by atoms with Crippen molar-refractivity contribution in [3.63, 3.8) is 0 Å². The summed E-state index contributed by atoms with van der Waals surface area (Å²) in [4.78, 5) is 0. The van der Waals surface area contributed by atoms with Gasteiger partial charge in [-0.25, -0.2) is 8.42 Å². The smallest absolute Gasteiger partial charge is 0.214 e. The molecular weight excluding hydrogens is 236 g/mol. The second-order valence-corrected chi connectivity index (χ2v) is 7.39. The molecule has 1 heterocycles. The number of nitrogens with one attached hydrogen (secondary N) is 1. The Morgan fingerprint density at radius 3 is 2.47 bits per heavy atom. The number of hydrogen-bond acceptors (Lipinski definition) is 3. The van der Waals surface area contributed by atoms with Crippen molar-refractivity contribution in [1.29, 1.82) is 0 Å². The Kier molecular flexibility index (Phi) is 5.41. The van der Waals surface area contributed by atoms with Gasteiger partial charge in [0, 0.05) is 18.6 Å². The lowest BCUT2D eigenvalue weighted by Gasteiger charge is -2.38. The van der Waals surface area contributed by atoms with Crippen molar-refractivity contribution in [3.05, 3.63) is 0 Å². The molecule has 1 saturated heterocycles. The fourth-order valence-corrected chi connectivity index (χ4v) is 4.63. The van der Waals surface area contributed by atoms with E-state index in [0.29, 0.717) is 6.54 Å². The van der Waals surface area contributed by atoms with Crippen molar-refractivity contribution < 1.29 is 8.42 Å². The van der Waals surface area contributed by atoms with Gasteiger partial charge in [0.2, 0.25) is 10.0 Å². The molecule has 2 atom stereocenters. The second-order valence-electron chi connectivity index (χ2n) is 5.42. The molecule has 2 unspecified atom stereocenters. The van der Waals surface area contributed by atoms with Crippen LogP contribution in [0.25, 0.3) is 0 Å². The Morgan fingerprint density at radius 1 is 1.29 bits per heavy atom. The molecular formula is C12H26N2O2S. The topological polar surface area (TPSA) is 49.4 Å². The summed E-state index contributed by atoms with van der Waals surface area (Å²) in [7, 11) is -1.20. The van der Waals surface area contributed by atoms with Gasteiger partial charge in [0.1, 0.15) is 0 Å². The van der Waals surface area contributed by atoms with Crippen LogP contribution in [0.5, 0.6) is 0 Å². The Bertz CT molecular complexity index is 327. The summed E-state index contributed by atoms with van der Waals surface area (Å²) in [6.45, 7) is 6.66. The van der Waals surface area contributed by atoms with E-state index < -0.39 is 10.0 Å². The van der Waals surface area contributed by atoms with E-state index in [0.717, 1.165) is 19.3 Å². The minimum absolute atomic E-state index is 0.123. The molecule has 102 valence electrons. The first-order chi connectivity index (χ1) is 7.88. The van der Waals surface area contributed by atoms with Crippen LogP contribution in [0.15, 0.2) is 0 Å². The average Bonchev–Trinajstić information content (AvgIpc) is 2.26. The zero-order valence-electron chi connectivity index (χ0n) is 11.4. The second kappa shape index (κ2) is 6.16. The monoisotopic (exact) mass is 262 g/mol. The van der Waals surface area contributed by atoms with Gasteiger partial charge >= 0.3 is 0 Å². The average molecular weight is 262 g/mol. The standard InChI is InChI=1S/C12H26N2O2S/c1-10(2)9-17(15,16)14-8-6-5-7-12(14)11(3)13-4/h10-13H,5-9H2,1-4H3. The van der Waals surface area contributed by atoms with Gasteiger partial charge in [0.25, 0.3) is 0 Å². The molecule has 0 aromatic carbocycles. The van der Waals surface area contributed by atoms with Gasteiger partial charge in [-0.2, -0.15) is 4.31 Å². The van der Waals surface area contributed by atoms with Crippen LogP contribution >= 0.6 is 0 Å². The van der Waals surface area contributed by atoms with Crippen LogP contribution in [-0.4, -0.2) is 44.2 Å². The molecule has 1 aliphatic heterocycles. The number of likely N-dealkylation sites (N-methyl/N-ethyl adjacent to an activating group) is 1. The van der Waals surface area contributed by atoms with E-state index in [9.17, 15) is 8.42 Å². The molecule has 1 N–H and O–H groups in total. The predicted molar refractivity (Wildman–Crippen MR) is 71.5 cm³/mol. The molecule has 0 bridgehead atoms. The van der Waals surface area contributed by atoms with Crippen LogP contribution in [0.1, 0.15) is 40.0 Å². The van der Waals surface area contributed by atoms with E-state index in [1.54, 1.807) is 4.31 Å². The predicted octanol–water partition coefficient (Wildman–Crippen LogP) is 1.43. The lowest BCUT2D eigenvalue weighted by molar-refractivity contribution is 0.212. The highest BCUT2D eigenvalue weighted by atomic mass is 32.2. The van der Waals surface area contributed by atoms with Crippen LogP contribution in [0.3, 0.4) is 0 Å². The first kappa shape index (κ1) is 14.9. The van der Waals surface area contributed by atoms with Crippen LogP contribution in [0.4, 0.5) is 0 Å². The SMILES string of the molecule is CNC(C)C1CCCCN1S(=O)(=O)CC(C)C. The highest BCUT2D eigenvalue weighted by Gasteiger charge is 2.34. The lowest BCUT2D eigenvalue weighted by atomic mass is 9.99. The number of rotatable bonds is 5. The molecule has 0 aromatic rings. The summed E-state index contributed by atoms with van der Waals surface area (Å²) in [6, 6.07) is 0.342. The van der Waals surface area contributed by atoms with Crippen molar-refractivity contribution in [3.8, 4) is 0 Å². The molecule has 0 radical (unpaired) electrons. The molecule has 0 spiro atoms. The highest BCUT2D eigenvalue weighted by molar-refractivity contribution is 7.89. The number of piperidine rings is 1. The summed E-state index contributed by atoms with van der Waals surface area (Å²) >= 11 is 0. The maximum atomic E-state index is 12.3. The van der Waals surface area contributed by atoms with Crippen LogP contribution in [0, 0.1) is 5.92 Å². The molecule has 0 amide bonds. The van der Waals surface area contributed by atoms with Gasteiger partial charge < -0.3 is 5.32 Å². The first-order valence-corrected chi connectivity index (χ1v) is 8.16. The van der Waals surface area contributed by atoms with Gasteiger partial charge in [0.05, 0.1) is 5.75 Å². The van der Waals surface area contributed by atoms with Gasteiger partial charge in [0.15, 0.2) is 0 Å². The summed E-state index contributed by atoms with van der Waals surface area (Å²) in [5, 5.41) is 3.18. The van der Waals surface area contributed by atoms with Gasteiger partial charge in [-0.15, -0.1) is 0 Å². The number of hydrogen-bond donors (Lipinski definition) is 1. The van der Waals surface area contributed by atoms with Crippen molar-refractivity contribution in [2.45, 2.75) is 52.1 Å². The summed E-state index contributed by atoms with van der Waals surface area (Å²) in [5.41, 5.74) is 0. The highest BCUT2D eigenvalue weighted by Crippen LogP contribution is 2.24. The van der Waals surface area contributed by atoms with Crippen molar-refractivity contribution in [1.82, 2.24) is 9.62 Å². The third-order valence-corrected chi connectivity index (χ3v) is 5.69. The quantitative estimate of drug-likeness (QED) is 0.815. The Hall–Kier alpha value is -0.130. The van der Waals surface area contributed by atoms with Gasteiger partial charge in [-0.05, 0) is 32.7 Å². The fourth-order valence-electron chi connectivity index (χ4n) is 2.49. The van der Waals surface area contributed by atoms with Crippen LogP contribution in [-0.2, 0) is 10.0 Å². The molecule has 1 fully saturated rings. The summed E-state index contributed by atoms with van der Waals surface area (Å²) < 4.78 is 26.4. The van der Waals surface area contributed by atoms with Gasteiger partial charge in [-0.3, -0.25) is 0 Å². The Labute approximate surface area is 106 Å². The molecule has 1 aliphatic rings. The Balaban J connectivity index is 2.84. The Morgan fingerprint density at radius 2 is 1.94 bits per heavy atom. The van der Waals surface area contributed by atoms with Crippen LogP contribution < -0.4 is 5.32 Å². The minimum Gasteiger partial charge on any atom is -0.316 e. The third-order valence-electron chi connectivity index (χ3n) is 3.43. The zero-order chi connectivity index (χ0) is 13.1. The minimum atomic E-state index is -3.09. The fraction of sp³-hybridized carbons (Fsp3) is 1.00. The molecule has 4 nitrogen and oxygen atoms in total. The summed E-state index contributed by atoms with van der Waals surface area (Å²) in [5.74, 6) is 0.451. The van der Waals surface area contributed by atoms with Crippen LogP contribution in [0.2, 0.25) is 0 Å². The molecule has 0 saturated carbocycles. The lowest BCUT2D eigenvalue weighted by Crippen LogP contribution is -2.53. The van der Waals surface area contributed by atoms with E-state index in [4.69, 9.17) is 0 Å². The van der Waals surface area contributed by atoms with E-state index in [1.807, 2.05) is 20.9 Å². The maximum absolute atomic E-state index is 12.3. The number of nitrogens with zero attached hydrogens (tertiary/aromatic N) is 1. The van der Waals surface area contributed by atoms with Crippen molar-refractivity contribution in [2.75, 3.05) is 19.3 Å². The summed E-state index contributed by atoms with van der Waals surface area (Å²) in [6.07, 6.45) is 3.09. The van der Waals surface area contributed by atoms with E-state index in [1.165, 1.54) is 0 Å². The van der Waals surface area contributed by atoms with Crippen molar-refractivity contribution in [2.24, 2.45) is 5.92 Å². The van der Waals surface area contributed by atoms with Crippen molar-refractivity contribution >= 4 is 10.0 Å². The number of sulfonamides is 1. The molecule has 1 rings (SSSR count). The first-order valence-electron chi connectivity index (χ1n) is 6.55. The largest absolute Gasteiger partial charge is 0.316 e. The maximum Gasteiger partial charge on any atom is 0.214 e. The normalized spacial score (nSPS) is 25.1. The molecule has 5 heteroatoms. The molecule has 0 aromatic heterocycles. The van der Waals surface area contributed by atoms with Gasteiger partial charge in [-0.1, -0.05) is 20.3 Å². The van der Waals surface area contributed by atoms with E-state index in [-0.39, 0.29) is 23.8 Å². The molecule has 0 aliphatic carbocycles. The van der Waals surface area contributed by atoms with E-state index >= 15 is 0 Å². The third kappa shape index (κ3) is 3.93.